The number of benzene rings is 1. The maximum atomic E-state index is 10.1. The summed E-state index contributed by atoms with van der Waals surface area (Å²) in [6.45, 7) is 2.89. The third kappa shape index (κ3) is 4.33. The standard InChI is InChI=1S/C15H19NO2S/c1-2-3-9-18-13-6-4-12(5-7-13)14(17)11-15-16-8-10-19-15/h4-8,10,14,17H,2-3,9,11H2,1H3. The van der Waals surface area contributed by atoms with E-state index in [1.54, 1.807) is 17.5 Å². The summed E-state index contributed by atoms with van der Waals surface area (Å²) in [6, 6.07) is 7.66. The van der Waals surface area contributed by atoms with Crippen LogP contribution in [-0.2, 0) is 6.42 Å². The summed E-state index contributed by atoms with van der Waals surface area (Å²) in [5.41, 5.74) is 0.901. The highest BCUT2D eigenvalue weighted by Gasteiger charge is 2.10. The lowest BCUT2D eigenvalue weighted by atomic mass is 10.1. The Morgan fingerprint density at radius 2 is 2.11 bits per heavy atom. The summed E-state index contributed by atoms with van der Waals surface area (Å²) >= 11 is 1.57. The van der Waals surface area contributed by atoms with Crippen LogP contribution in [0.4, 0.5) is 0 Å². The topological polar surface area (TPSA) is 42.4 Å². The number of thiazole rings is 1. The van der Waals surface area contributed by atoms with Gasteiger partial charge in [0.25, 0.3) is 0 Å². The van der Waals surface area contributed by atoms with Crippen molar-refractivity contribution in [2.24, 2.45) is 0 Å². The Balaban J connectivity index is 1.90. The Morgan fingerprint density at radius 3 is 2.74 bits per heavy atom. The van der Waals surface area contributed by atoms with Crippen molar-refractivity contribution in [3.05, 3.63) is 46.4 Å². The Hall–Kier alpha value is -1.39. The molecule has 0 saturated carbocycles. The van der Waals surface area contributed by atoms with Gasteiger partial charge >= 0.3 is 0 Å². The molecule has 19 heavy (non-hydrogen) atoms. The fraction of sp³-hybridized carbons (Fsp3) is 0.400. The van der Waals surface area contributed by atoms with Gasteiger partial charge in [-0.25, -0.2) is 4.98 Å². The van der Waals surface area contributed by atoms with Gasteiger partial charge in [-0.3, -0.25) is 0 Å². The Labute approximate surface area is 117 Å². The lowest BCUT2D eigenvalue weighted by Crippen LogP contribution is -2.02. The van der Waals surface area contributed by atoms with Crippen molar-refractivity contribution in [2.75, 3.05) is 6.61 Å². The predicted octanol–water partition coefficient (Wildman–Crippen LogP) is 3.60. The summed E-state index contributed by atoms with van der Waals surface area (Å²) in [6.07, 6.45) is 4.01. The molecule has 0 radical (unpaired) electrons. The van der Waals surface area contributed by atoms with Crippen LogP contribution in [0.25, 0.3) is 0 Å². The highest BCUT2D eigenvalue weighted by atomic mass is 32.1. The molecule has 0 spiro atoms. The molecular weight excluding hydrogens is 258 g/mol. The van der Waals surface area contributed by atoms with Crippen LogP contribution >= 0.6 is 11.3 Å². The molecule has 1 atom stereocenters. The number of hydrogen-bond donors (Lipinski definition) is 1. The number of aliphatic hydroxyl groups excluding tert-OH is 1. The van der Waals surface area contributed by atoms with Crippen molar-refractivity contribution in [3.8, 4) is 5.75 Å². The molecule has 1 aromatic heterocycles. The van der Waals surface area contributed by atoms with Gasteiger partial charge in [0, 0.05) is 18.0 Å². The van der Waals surface area contributed by atoms with Crippen molar-refractivity contribution in [1.82, 2.24) is 4.98 Å². The number of ether oxygens (including phenoxy) is 1. The molecule has 0 saturated heterocycles. The van der Waals surface area contributed by atoms with E-state index in [0.717, 1.165) is 35.8 Å². The van der Waals surface area contributed by atoms with Gasteiger partial charge in [0.05, 0.1) is 17.7 Å². The normalized spacial score (nSPS) is 12.3. The van der Waals surface area contributed by atoms with E-state index in [1.807, 2.05) is 29.6 Å². The van der Waals surface area contributed by atoms with Crippen LogP contribution in [0, 0.1) is 0 Å². The second-order valence-corrected chi connectivity index (χ2v) is 5.40. The van der Waals surface area contributed by atoms with Gasteiger partial charge in [-0.15, -0.1) is 11.3 Å². The zero-order valence-corrected chi connectivity index (χ0v) is 11.9. The molecule has 0 aliphatic rings. The molecule has 1 heterocycles. The van der Waals surface area contributed by atoms with Gasteiger partial charge in [-0.1, -0.05) is 25.5 Å². The van der Waals surface area contributed by atoms with E-state index in [0.29, 0.717) is 6.42 Å². The van der Waals surface area contributed by atoms with E-state index in [2.05, 4.69) is 11.9 Å². The molecule has 1 unspecified atom stereocenters. The number of hydrogen-bond acceptors (Lipinski definition) is 4. The van der Waals surface area contributed by atoms with Crippen LogP contribution < -0.4 is 4.74 Å². The number of aliphatic hydroxyl groups is 1. The predicted molar refractivity (Wildman–Crippen MR) is 77.6 cm³/mol. The Bertz CT molecular complexity index is 467. The van der Waals surface area contributed by atoms with Crippen molar-refractivity contribution >= 4 is 11.3 Å². The maximum Gasteiger partial charge on any atom is 0.119 e. The first-order valence-electron chi connectivity index (χ1n) is 6.58. The van der Waals surface area contributed by atoms with Crippen molar-refractivity contribution in [1.29, 1.82) is 0 Å². The minimum Gasteiger partial charge on any atom is -0.494 e. The van der Waals surface area contributed by atoms with E-state index in [4.69, 9.17) is 4.74 Å². The van der Waals surface area contributed by atoms with Gasteiger partial charge in [-0.05, 0) is 24.1 Å². The molecule has 0 bridgehead atoms. The van der Waals surface area contributed by atoms with E-state index < -0.39 is 6.10 Å². The number of unbranched alkanes of at least 4 members (excludes halogenated alkanes) is 1. The lowest BCUT2D eigenvalue weighted by molar-refractivity contribution is 0.178. The first kappa shape index (κ1) is 14.0. The zero-order chi connectivity index (χ0) is 13.5. The first-order valence-corrected chi connectivity index (χ1v) is 7.46. The third-order valence-electron chi connectivity index (χ3n) is 2.88. The van der Waals surface area contributed by atoms with Crippen molar-refractivity contribution < 1.29 is 9.84 Å². The monoisotopic (exact) mass is 277 g/mol. The average molecular weight is 277 g/mol. The van der Waals surface area contributed by atoms with Gasteiger partial charge in [0.2, 0.25) is 0 Å². The number of rotatable bonds is 7. The molecular formula is C15H19NO2S. The minimum atomic E-state index is -0.504. The van der Waals surface area contributed by atoms with Gasteiger partial charge in [0.1, 0.15) is 5.75 Å². The van der Waals surface area contributed by atoms with Crippen LogP contribution in [-0.4, -0.2) is 16.7 Å². The lowest BCUT2D eigenvalue weighted by Gasteiger charge is -2.11. The van der Waals surface area contributed by atoms with E-state index in [9.17, 15) is 5.11 Å². The molecule has 0 aliphatic carbocycles. The van der Waals surface area contributed by atoms with Crippen LogP contribution in [0.5, 0.6) is 5.75 Å². The number of aromatic nitrogens is 1. The molecule has 0 aliphatic heterocycles. The van der Waals surface area contributed by atoms with Crippen LogP contribution in [0.15, 0.2) is 35.8 Å². The van der Waals surface area contributed by atoms with Gasteiger partial charge in [-0.2, -0.15) is 0 Å². The quantitative estimate of drug-likeness (QED) is 0.786. The summed E-state index contributed by atoms with van der Waals surface area (Å²) < 4.78 is 5.60. The van der Waals surface area contributed by atoms with Crippen LogP contribution in [0.3, 0.4) is 0 Å². The summed E-state index contributed by atoms with van der Waals surface area (Å²) in [5, 5.41) is 13.0. The zero-order valence-electron chi connectivity index (χ0n) is 11.1. The molecule has 0 amide bonds. The first-order chi connectivity index (χ1) is 9.29. The molecule has 102 valence electrons. The molecule has 4 heteroatoms. The molecule has 0 fully saturated rings. The maximum absolute atomic E-state index is 10.1. The summed E-state index contributed by atoms with van der Waals surface area (Å²) in [7, 11) is 0. The van der Waals surface area contributed by atoms with Gasteiger partial charge < -0.3 is 9.84 Å². The van der Waals surface area contributed by atoms with E-state index in [1.165, 1.54) is 0 Å². The Morgan fingerprint density at radius 1 is 1.32 bits per heavy atom. The average Bonchev–Trinajstić information content (AvgIpc) is 2.93. The van der Waals surface area contributed by atoms with Crippen molar-refractivity contribution in [2.45, 2.75) is 32.3 Å². The Kier molecular flexibility index (Phi) is 5.36. The molecule has 2 rings (SSSR count). The van der Waals surface area contributed by atoms with Gasteiger partial charge in [0.15, 0.2) is 0 Å². The van der Waals surface area contributed by atoms with E-state index in [-0.39, 0.29) is 0 Å². The second-order valence-electron chi connectivity index (χ2n) is 4.42. The fourth-order valence-electron chi connectivity index (χ4n) is 1.76. The largest absolute Gasteiger partial charge is 0.494 e. The molecule has 1 N–H and O–H groups in total. The minimum absolute atomic E-state index is 0.504. The SMILES string of the molecule is CCCCOc1ccc(C(O)Cc2nccs2)cc1. The van der Waals surface area contributed by atoms with Crippen LogP contribution in [0.2, 0.25) is 0 Å². The summed E-state index contributed by atoms with van der Waals surface area (Å²) in [4.78, 5) is 4.18. The molecule has 1 aromatic carbocycles. The number of nitrogens with zero attached hydrogens (tertiary/aromatic N) is 1. The van der Waals surface area contributed by atoms with E-state index >= 15 is 0 Å². The molecule has 3 nitrogen and oxygen atoms in total. The third-order valence-corrected chi connectivity index (χ3v) is 3.68. The fourth-order valence-corrected chi connectivity index (χ4v) is 2.41. The van der Waals surface area contributed by atoms with Crippen molar-refractivity contribution in [3.63, 3.8) is 0 Å². The van der Waals surface area contributed by atoms with Crippen LogP contribution in [0.1, 0.15) is 36.4 Å². The highest BCUT2D eigenvalue weighted by molar-refractivity contribution is 7.09. The molecule has 2 aromatic rings. The second kappa shape index (κ2) is 7.26. The smallest absolute Gasteiger partial charge is 0.119 e. The highest BCUT2D eigenvalue weighted by Crippen LogP contribution is 2.22. The summed E-state index contributed by atoms with van der Waals surface area (Å²) in [5.74, 6) is 0.860.